The summed E-state index contributed by atoms with van der Waals surface area (Å²) in [5.74, 6) is -0.758. The van der Waals surface area contributed by atoms with Gasteiger partial charge in [-0.15, -0.1) is 0 Å². The molecule has 25 heavy (non-hydrogen) atoms. The molecule has 2 aromatic rings. The van der Waals surface area contributed by atoms with Gasteiger partial charge in [0.25, 0.3) is 0 Å². The molecule has 1 aliphatic rings. The van der Waals surface area contributed by atoms with Gasteiger partial charge in [-0.3, -0.25) is 0 Å². The Kier molecular flexibility index (Phi) is 4.98. The lowest BCUT2D eigenvalue weighted by molar-refractivity contribution is 0.527. The van der Waals surface area contributed by atoms with Crippen LogP contribution in [0.5, 0.6) is 0 Å². The number of halogens is 3. The summed E-state index contributed by atoms with van der Waals surface area (Å²) in [7, 11) is 0. The van der Waals surface area contributed by atoms with Gasteiger partial charge in [0.2, 0.25) is 0 Å². The van der Waals surface area contributed by atoms with Gasteiger partial charge in [-0.05, 0) is 66.9 Å². The van der Waals surface area contributed by atoms with Crippen LogP contribution in [0, 0.1) is 24.5 Å². The first-order valence-corrected chi connectivity index (χ1v) is 8.87. The lowest BCUT2D eigenvalue weighted by Gasteiger charge is -2.21. The molecule has 0 amide bonds. The summed E-state index contributed by atoms with van der Waals surface area (Å²) < 4.78 is 27.4. The van der Waals surface area contributed by atoms with Crippen molar-refractivity contribution in [2.24, 2.45) is 5.92 Å². The average Bonchev–Trinajstić information content (AvgIpc) is 3.19. The van der Waals surface area contributed by atoms with Crippen molar-refractivity contribution in [2.75, 3.05) is 11.9 Å². The Morgan fingerprint density at radius 2 is 2.00 bits per heavy atom. The Hall–Kier alpha value is -1.72. The van der Waals surface area contributed by atoms with E-state index in [-0.39, 0.29) is 5.41 Å². The van der Waals surface area contributed by atoms with Crippen LogP contribution in [-0.4, -0.2) is 11.7 Å². The fraction of sp³-hybridized carbons (Fsp3) is 0.316. The third-order valence-corrected chi connectivity index (χ3v) is 5.40. The highest BCUT2D eigenvalue weighted by atomic mass is 35.5. The first-order chi connectivity index (χ1) is 11.8. The van der Waals surface area contributed by atoms with Crippen LogP contribution in [0.25, 0.3) is 0 Å². The average molecular weight is 381 g/mol. The second-order valence-corrected chi connectivity index (χ2v) is 7.50. The lowest BCUT2D eigenvalue weighted by Crippen LogP contribution is -2.36. The summed E-state index contributed by atoms with van der Waals surface area (Å²) in [6.07, 6.45) is 0.838. The van der Waals surface area contributed by atoms with Gasteiger partial charge in [0.05, 0.1) is 0 Å². The maximum absolute atomic E-state index is 14.2. The van der Waals surface area contributed by atoms with Crippen molar-refractivity contribution in [2.45, 2.75) is 25.7 Å². The normalized spacial score (nSPS) is 21.7. The Balaban J connectivity index is 1.68. The Morgan fingerprint density at radius 3 is 2.60 bits per heavy atom. The van der Waals surface area contributed by atoms with Gasteiger partial charge in [-0.2, -0.15) is 0 Å². The van der Waals surface area contributed by atoms with Crippen molar-refractivity contribution < 1.29 is 8.78 Å². The number of nitrogens with one attached hydrogen (secondary N) is 2. The maximum Gasteiger partial charge on any atom is 0.170 e. The Bertz CT molecular complexity index is 827. The van der Waals surface area contributed by atoms with Crippen molar-refractivity contribution in [1.29, 1.82) is 0 Å². The molecule has 3 rings (SSSR count). The minimum Gasteiger partial charge on any atom is -0.362 e. The molecule has 0 aliphatic heterocycles. The summed E-state index contributed by atoms with van der Waals surface area (Å²) >= 11 is 11.3. The van der Waals surface area contributed by atoms with Crippen LogP contribution in [0.1, 0.15) is 24.5 Å². The molecule has 2 nitrogen and oxygen atoms in total. The van der Waals surface area contributed by atoms with E-state index in [0.717, 1.165) is 23.7 Å². The van der Waals surface area contributed by atoms with Crippen LogP contribution in [0.3, 0.4) is 0 Å². The monoisotopic (exact) mass is 380 g/mol. The predicted octanol–water partition coefficient (Wildman–Crippen LogP) is 5.19. The topological polar surface area (TPSA) is 24.1 Å². The number of anilines is 1. The zero-order valence-corrected chi connectivity index (χ0v) is 15.6. The smallest absolute Gasteiger partial charge is 0.170 e. The van der Waals surface area contributed by atoms with Crippen molar-refractivity contribution in [3.05, 3.63) is 64.2 Å². The highest BCUT2D eigenvalue weighted by molar-refractivity contribution is 7.80. The van der Waals surface area contributed by atoms with Crippen LogP contribution in [0.2, 0.25) is 5.02 Å². The third-order valence-electron chi connectivity index (χ3n) is 4.92. The summed E-state index contributed by atoms with van der Waals surface area (Å²) in [6, 6.07) is 9.29. The zero-order chi connectivity index (χ0) is 18.2. The number of aryl methyl sites for hydroxylation is 1. The molecule has 2 N–H and O–H groups in total. The highest BCUT2D eigenvalue weighted by Gasteiger charge is 2.53. The Labute approximate surface area is 156 Å². The van der Waals surface area contributed by atoms with Gasteiger partial charge < -0.3 is 10.6 Å². The second-order valence-electron chi connectivity index (χ2n) is 6.65. The molecule has 1 saturated carbocycles. The molecule has 6 heteroatoms. The molecule has 0 spiro atoms. The molecule has 1 aliphatic carbocycles. The summed E-state index contributed by atoms with van der Waals surface area (Å²) in [5.41, 5.74) is 2.04. The van der Waals surface area contributed by atoms with E-state index in [2.05, 4.69) is 17.6 Å². The van der Waals surface area contributed by atoms with E-state index < -0.39 is 11.6 Å². The fourth-order valence-corrected chi connectivity index (χ4v) is 3.68. The first kappa shape index (κ1) is 18.1. The minimum atomic E-state index is -0.562. The first-order valence-electron chi connectivity index (χ1n) is 8.08. The number of rotatable bonds is 4. The van der Waals surface area contributed by atoms with Gasteiger partial charge in [0.1, 0.15) is 11.6 Å². The van der Waals surface area contributed by atoms with Crippen LogP contribution in [0.4, 0.5) is 14.5 Å². The highest BCUT2D eigenvalue weighted by Crippen LogP contribution is 2.54. The molecule has 2 aromatic carbocycles. The summed E-state index contributed by atoms with van der Waals surface area (Å²) in [4.78, 5) is 0. The number of hydrogen-bond acceptors (Lipinski definition) is 1. The van der Waals surface area contributed by atoms with E-state index in [0.29, 0.717) is 28.2 Å². The standard InChI is InChI=1S/C19H19ClF2N2S/c1-11-7-13(20)3-6-17(11)24-18(25)23-10-19(9-12(19)2)15-5-4-14(21)8-16(15)22/h3-8,12H,9-10H2,1-2H3,(H2,23,24,25). The van der Waals surface area contributed by atoms with E-state index in [9.17, 15) is 8.78 Å². The molecular weight excluding hydrogens is 362 g/mol. The van der Waals surface area contributed by atoms with Gasteiger partial charge in [0, 0.05) is 28.7 Å². The van der Waals surface area contributed by atoms with Gasteiger partial charge in [0.15, 0.2) is 5.11 Å². The Morgan fingerprint density at radius 1 is 1.28 bits per heavy atom. The number of hydrogen-bond donors (Lipinski definition) is 2. The molecule has 0 heterocycles. The largest absolute Gasteiger partial charge is 0.362 e. The molecule has 0 radical (unpaired) electrons. The van der Waals surface area contributed by atoms with Crippen LogP contribution < -0.4 is 10.6 Å². The van der Waals surface area contributed by atoms with Crippen molar-refractivity contribution in [3.8, 4) is 0 Å². The lowest BCUT2D eigenvalue weighted by atomic mass is 9.93. The molecule has 0 bridgehead atoms. The van der Waals surface area contributed by atoms with Crippen LogP contribution in [0.15, 0.2) is 36.4 Å². The van der Waals surface area contributed by atoms with E-state index in [1.165, 1.54) is 12.1 Å². The van der Waals surface area contributed by atoms with Crippen LogP contribution in [-0.2, 0) is 5.41 Å². The van der Waals surface area contributed by atoms with Crippen molar-refractivity contribution in [1.82, 2.24) is 5.32 Å². The molecule has 0 aromatic heterocycles. The SMILES string of the molecule is Cc1cc(Cl)ccc1NC(=S)NCC1(c2ccc(F)cc2F)CC1C. The van der Waals surface area contributed by atoms with Crippen molar-refractivity contribution in [3.63, 3.8) is 0 Å². The number of thiocarbonyl (C=S) groups is 1. The molecule has 0 saturated heterocycles. The fourth-order valence-electron chi connectivity index (χ4n) is 3.27. The number of benzene rings is 2. The van der Waals surface area contributed by atoms with Crippen LogP contribution >= 0.6 is 23.8 Å². The molecule has 2 atom stereocenters. The van der Waals surface area contributed by atoms with E-state index in [1.54, 1.807) is 6.07 Å². The van der Waals surface area contributed by atoms with Gasteiger partial charge in [-0.25, -0.2) is 8.78 Å². The van der Waals surface area contributed by atoms with E-state index >= 15 is 0 Å². The summed E-state index contributed by atoms with van der Waals surface area (Å²) in [6.45, 7) is 4.49. The zero-order valence-electron chi connectivity index (χ0n) is 14.0. The quantitative estimate of drug-likeness (QED) is 0.714. The van der Waals surface area contributed by atoms with Gasteiger partial charge >= 0.3 is 0 Å². The van der Waals surface area contributed by atoms with Crippen molar-refractivity contribution >= 4 is 34.6 Å². The van der Waals surface area contributed by atoms with E-state index in [4.69, 9.17) is 23.8 Å². The molecule has 1 fully saturated rings. The third kappa shape index (κ3) is 3.77. The summed E-state index contributed by atoms with van der Waals surface area (Å²) in [5, 5.41) is 7.44. The molecular formula is C19H19ClF2N2S. The maximum atomic E-state index is 14.2. The molecule has 2 unspecified atom stereocenters. The minimum absolute atomic E-state index is 0.306. The molecule has 132 valence electrons. The predicted molar refractivity (Wildman–Crippen MR) is 102 cm³/mol. The second kappa shape index (κ2) is 6.89. The van der Waals surface area contributed by atoms with Gasteiger partial charge in [-0.1, -0.05) is 24.6 Å². The van der Waals surface area contributed by atoms with E-state index in [1.807, 2.05) is 19.1 Å².